The van der Waals surface area contributed by atoms with E-state index in [2.05, 4.69) is 14.7 Å². The maximum absolute atomic E-state index is 9.78. The predicted octanol–water partition coefficient (Wildman–Crippen LogP) is -0.0191. The Kier molecular flexibility index (Phi) is 2.65. The van der Waals surface area contributed by atoms with Crippen LogP contribution in [0.25, 0.3) is 0 Å². The molecule has 0 bridgehead atoms. The lowest BCUT2D eigenvalue weighted by Crippen LogP contribution is -1.92. The minimum atomic E-state index is -0.519. The fourth-order valence-corrected chi connectivity index (χ4v) is 0.180. The minimum absolute atomic E-state index is 0. The molecule has 0 unspecified atom stereocenters. The van der Waals surface area contributed by atoms with Crippen molar-refractivity contribution in [3.63, 3.8) is 0 Å². The van der Waals surface area contributed by atoms with Gasteiger partial charge in [0.15, 0.2) is 0 Å². The summed E-state index contributed by atoms with van der Waals surface area (Å²) in [4.78, 5) is 12.0. The van der Waals surface area contributed by atoms with Crippen LogP contribution in [0, 0.1) is 0 Å². The molecule has 1 rings (SSSR count). The molecule has 1 N–H and O–H groups in total. The third-order valence-corrected chi connectivity index (χ3v) is 0.371. The van der Waals surface area contributed by atoms with Crippen LogP contribution in [0.1, 0.15) is 0 Å². The Morgan fingerprint density at radius 2 is 2.57 bits per heavy atom. The number of rotatable bonds is 0. The van der Waals surface area contributed by atoms with Crippen molar-refractivity contribution < 1.29 is 4.52 Å². The monoisotopic (exact) mass is 214 g/mol. The molecule has 0 aliphatic carbocycles. The number of aromatic amines is 1. The molecule has 1 heterocycles. The average Bonchev–Trinajstić information content (AvgIpc) is 1.86. The highest BCUT2D eigenvalue weighted by Gasteiger charge is 1.74. The van der Waals surface area contributed by atoms with Crippen LogP contribution < -0.4 is 5.76 Å². The van der Waals surface area contributed by atoms with E-state index >= 15 is 0 Å². The largest absolute Gasteiger partial charge is 0.438 e. The van der Waals surface area contributed by atoms with Crippen molar-refractivity contribution in [2.75, 3.05) is 0 Å². The molecular weight excluding hydrogens is 211 g/mol. The molecule has 0 atom stereocenters. The number of hydrogen-bond acceptors (Lipinski definition) is 3. The topological polar surface area (TPSA) is 58.9 Å². The Balaban J connectivity index is 0.000000360. The SMILES string of the molecule is I.O=c1[nH]cno1. The Morgan fingerprint density at radius 3 is 2.71 bits per heavy atom. The average molecular weight is 214 g/mol. The van der Waals surface area contributed by atoms with Crippen LogP contribution >= 0.6 is 24.0 Å². The molecule has 4 nitrogen and oxygen atoms in total. The first kappa shape index (κ1) is 6.67. The van der Waals surface area contributed by atoms with Crippen molar-refractivity contribution >= 4 is 24.0 Å². The number of nitrogens with zero attached hydrogens (tertiary/aromatic N) is 1. The fourth-order valence-electron chi connectivity index (χ4n) is 0.180. The van der Waals surface area contributed by atoms with Gasteiger partial charge < -0.3 is 0 Å². The van der Waals surface area contributed by atoms with Gasteiger partial charge >= 0.3 is 5.76 Å². The van der Waals surface area contributed by atoms with E-state index in [-0.39, 0.29) is 24.0 Å². The summed E-state index contributed by atoms with van der Waals surface area (Å²) >= 11 is 0. The molecule has 0 aliphatic heterocycles. The molecule has 0 saturated carbocycles. The summed E-state index contributed by atoms with van der Waals surface area (Å²) in [5, 5.41) is 3.08. The van der Waals surface area contributed by atoms with Gasteiger partial charge in [0.2, 0.25) is 0 Å². The minimum Gasteiger partial charge on any atom is -0.296 e. The molecule has 0 aromatic carbocycles. The third-order valence-electron chi connectivity index (χ3n) is 0.371. The molecule has 40 valence electrons. The smallest absolute Gasteiger partial charge is 0.296 e. The van der Waals surface area contributed by atoms with E-state index in [0.29, 0.717) is 0 Å². The van der Waals surface area contributed by atoms with Gasteiger partial charge in [-0.2, -0.15) is 0 Å². The highest BCUT2D eigenvalue weighted by atomic mass is 127. The third kappa shape index (κ3) is 1.72. The molecule has 1 aromatic heterocycles. The van der Waals surface area contributed by atoms with E-state index in [1.54, 1.807) is 0 Å². The van der Waals surface area contributed by atoms with Crippen molar-refractivity contribution in [3.05, 3.63) is 16.9 Å². The van der Waals surface area contributed by atoms with E-state index in [1.165, 1.54) is 6.33 Å². The number of hydrogen-bond donors (Lipinski definition) is 1. The highest BCUT2D eigenvalue weighted by molar-refractivity contribution is 14.0. The molecule has 0 radical (unpaired) electrons. The van der Waals surface area contributed by atoms with Crippen LogP contribution in [0.2, 0.25) is 0 Å². The standard InChI is InChI=1S/C2H2N2O2.HI/c5-2-3-1-4-6-2;/h1H,(H,3,4,5);1H. The molecule has 0 aliphatic rings. The Hall–Kier alpha value is -0.330. The van der Waals surface area contributed by atoms with Crippen molar-refractivity contribution in [1.29, 1.82) is 0 Å². The van der Waals surface area contributed by atoms with Gasteiger partial charge in [0.1, 0.15) is 6.33 Å². The zero-order chi connectivity index (χ0) is 4.41. The van der Waals surface area contributed by atoms with Gasteiger partial charge in [0.05, 0.1) is 0 Å². The molecular formula is C2H3IN2O2. The van der Waals surface area contributed by atoms with Crippen molar-refractivity contribution in [1.82, 2.24) is 10.1 Å². The number of nitrogens with one attached hydrogen (secondary N) is 1. The van der Waals surface area contributed by atoms with Crippen LogP contribution in [-0.4, -0.2) is 10.1 Å². The zero-order valence-corrected chi connectivity index (χ0v) is 5.58. The Labute approximate surface area is 55.9 Å². The highest BCUT2D eigenvalue weighted by Crippen LogP contribution is 1.51. The molecule has 0 saturated heterocycles. The normalized spacial score (nSPS) is 7.43. The van der Waals surface area contributed by atoms with Crippen LogP contribution in [0.5, 0.6) is 0 Å². The summed E-state index contributed by atoms with van der Waals surface area (Å²) in [6.07, 6.45) is 1.18. The van der Waals surface area contributed by atoms with Crippen molar-refractivity contribution in [2.24, 2.45) is 0 Å². The maximum atomic E-state index is 9.78. The summed E-state index contributed by atoms with van der Waals surface area (Å²) in [7, 11) is 0. The quantitative estimate of drug-likeness (QED) is 0.617. The van der Waals surface area contributed by atoms with Gasteiger partial charge in [-0.1, -0.05) is 5.16 Å². The number of aromatic nitrogens is 2. The van der Waals surface area contributed by atoms with Gasteiger partial charge in [-0.15, -0.1) is 24.0 Å². The first-order valence-corrected chi connectivity index (χ1v) is 1.39. The van der Waals surface area contributed by atoms with Crippen LogP contribution in [-0.2, 0) is 0 Å². The van der Waals surface area contributed by atoms with Crippen molar-refractivity contribution in [3.8, 4) is 0 Å². The van der Waals surface area contributed by atoms with Crippen LogP contribution in [0.15, 0.2) is 15.6 Å². The van der Waals surface area contributed by atoms with Gasteiger partial charge in [-0.25, -0.2) is 4.79 Å². The van der Waals surface area contributed by atoms with E-state index in [0.717, 1.165) is 0 Å². The molecule has 0 fully saturated rings. The van der Waals surface area contributed by atoms with Gasteiger partial charge in [0, 0.05) is 0 Å². The van der Waals surface area contributed by atoms with Gasteiger partial charge in [-0.3, -0.25) is 9.51 Å². The Bertz CT molecular complexity index is 151. The van der Waals surface area contributed by atoms with E-state index in [1.807, 2.05) is 0 Å². The van der Waals surface area contributed by atoms with E-state index < -0.39 is 5.76 Å². The van der Waals surface area contributed by atoms with Crippen molar-refractivity contribution in [2.45, 2.75) is 0 Å². The molecule has 0 amide bonds. The van der Waals surface area contributed by atoms with Gasteiger partial charge in [-0.05, 0) is 0 Å². The van der Waals surface area contributed by atoms with Crippen LogP contribution in [0.4, 0.5) is 0 Å². The number of H-pyrrole nitrogens is 1. The molecule has 0 spiro atoms. The predicted molar refractivity (Wildman–Crippen MR) is 32.5 cm³/mol. The summed E-state index contributed by atoms with van der Waals surface area (Å²) < 4.78 is 3.97. The fraction of sp³-hybridized carbons (Fsp3) is 0. The lowest BCUT2D eigenvalue weighted by atomic mass is 11.3. The summed E-state index contributed by atoms with van der Waals surface area (Å²) in [6, 6.07) is 0. The first-order valence-electron chi connectivity index (χ1n) is 1.39. The lowest BCUT2D eigenvalue weighted by Gasteiger charge is -1.47. The molecule has 7 heavy (non-hydrogen) atoms. The second kappa shape index (κ2) is 2.78. The summed E-state index contributed by atoms with van der Waals surface area (Å²) in [5.41, 5.74) is 0. The van der Waals surface area contributed by atoms with E-state index in [4.69, 9.17) is 0 Å². The number of halogens is 1. The van der Waals surface area contributed by atoms with E-state index in [9.17, 15) is 4.79 Å². The molecule has 1 aromatic rings. The Morgan fingerprint density at radius 1 is 1.86 bits per heavy atom. The summed E-state index contributed by atoms with van der Waals surface area (Å²) in [5.74, 6) is -0.519. The zero-order valence-electron chi connectivity index (χ0n) is 3.25. The molecule has 5 heteroatoms. The van der Waals surface area contributed by atoms with Crippen LogP contribution in [0.3, 0.4) is 0 Å². The second-order valence-electron chi connectivity index (χ2n) is 0.758. The second-order valence-corrected chi connectivity index (χ2v) is 0.758. The first-order chi connectivity index (χ1) is 2.89. The summed E-state index contributed by atoms with van der Waals surface area (Å²) in [6.45, 7) is 0. The lowest BCUT2D eigenvalue weighted by molar-refractivity contribution is 0.386. The maximum Gasteiger partial charge on any atom is 0.438 e. The van der Waals surface area contributed by atoms with Gasteiger partial charge in [0.25, 0.3) is 0 Å².